The minimum Gasteiger partial charge on any atom is -0.399 e. The highest BCUT2D eigenvalue weighted by Crippen LogP contribution is 2.19. The van der Waals surface area contributed by atoms with Crippen LogP contribution >= 0.6 is 0 Å². The third-order valence-electron chi connectivity index (χ3n) is 2.92. The quantitative estimate of drug-likeness (QED) is 0.796. The van der Waals surface area contributed by atoms with Crippen LogP contribution in [0, 0.1) is 20.8 Å². The van der Waals surface area contributed by atoms with Gasteiger partial charge in [-0.1, -0.05) is 5.16 Å². The zero-order valence-corrected chi connectivity index (χ0v) is 10.6. The number of benzene rings is 1. The van der Waals surface area contributed by atoms with Crippen LogP contribution < -0.4 is 11.1 Å². The number of nitrogens with one attached hydrogen (secondary N) is 1. The third-order valence-corrected chi connectivity index (χ3v) is 2.92. The van der Waals surface area contributed by atoms with Crippen molar-refractivity contribution in [2.24, 2.45) is 0 Å². The lowest BCUT2D eigenvalue weighted by Gasteiger charge is -2.05. The van der Waals surface area contributed by atoms with E-state index in [4.69, 9.17) is 10.3 Å². The van der Waals surface area contributed by atoms with Crippen LogP contribution in [0.3, 0.4) is 0 Å². The molecule has 0 fully saturated rings. The number of aryl methyl sites for hydroxylation is 2. The predicted molar refractivity (Wildman–Crippen MR) is 69.5 cm³/mol. The van der Waals surface area contributed by atoms with Crippen molar-refractivity contribution in [3.63, 3.8) is 0 Å². The van der Waals surface area contributed by atoms with Crippen LogP contribution in [0.15, 0.2) is 22.7 Å². The summed E-state index contributed by atoms with van der Waals surface area (Å²) in [5.74, 6) is 0.143. The largest absolute Gasteiger partial charge is 0.399 e. The molecule has 1 aromatic heterocycles. The molecule has 1 amide bonds. The number of carbonyl (C=O) groups excluding carboxylic acids is 1. The molecule has 5 heteroatoms. The Hall–Kier alpha value is -2.30. The van der Waals surface area contributed by atoms with Crippen LogP contribution in [0.25, 0.3) is 0 Å². The summed E-state index contributed by atoms with van der Waals surface area (Å²) < 4.78 is 5.03. The van der Waals surface area contributed by atoms with Gasteiger partial charge in [-0.05, 0) is 44.5 Å². The van der Waals surface area contributed by atoms with E-state index in [-0.39, 0.29) is 5.91 Å². The number of amides is 1. The van der Waals surface area contributed by atoms with Gasteiger partial charge in [0.05, 0.1) is 5.69 Å². The van der Waals surface area contributed by atoms with E-state index in [0.717, 1.165) is 16.8 Å². The van der Waals surface area contributed by atoms with Crippen LogP contribution in [0.4, 0.5) is 11.6 Å². The van der Waals surface area contributed by atoms with E-state index in [0.29, 0.717) is 17.1 Å². The fourth-order valence-electron chi connectivity index (χ4n) is 1.52. The lowest BCUT2D eigenvalue weighted by Crippen LogP contribution is -2.12. The molecule has 5 nitrogen and oxygen atoms in total. The molecule has 0 aliphatic rings. The van der Waals surface area contributed by atoms with E-state index in [2.05, 4.69) is 10.5 Å². The third kappa shape index (κ3) is 2.20. The SMILES string of the molecule is Cc1cc(C(=O)Nc2onc(C)c2C)ccc1N. The molecule has 2 rings (SSSR count). The topological polar surface area (TPSA) is 81.2 Å². The van der Waals surface area contributed by atoms with Gasteiger partial charge in [-0.3, -0.25) is 10.1 Å². The molecule has 0 radical (unpaired) electrons. The zero-order valence-electron chi connectivity index (χ0n) is 10.6. The molecule has 0 spiro atoms. The standard InChI is InChI=1S/C13H15N3O2/c1-7-6-10(4-5-11(7)14)12(17)15-13-8(2)9(3)16-18-13/h4-6H,14H2,1-3H3,(H,15,17). The molecular formula is C13H15N3O2. The van der Waals surface area contributed by atoms with Crippen molar-refractivity contribution >= 4 is 17.5 Å². The van der Waals surface area contributed by atoms with Gasteiger partial charge < -0.3 is 10.3 Å². The van der Waals surface area contributed by atoms with Gasteiger partial charge in [0, 0.05) is 16.8 Å². The second-order valence-corrected chi connectivity index (χ2v) is 4.25. The summed E-state index contributed by atoms with van der Waals surface area (Å²) in [6, 6.07) is 5.13. The number of rotatable bonds is 2. The highest BCUT2D eigenvalue weighted by atomic mass is 16.5. The van der Waals surface area contributed by atoms with E-state index >= 15 is 0 Å². The molecule has 3 N–H and O–H groups in total. The summed E-state index contributed by atoms with van der Waals surface area (Å²) in [5.41, 5.74) is 9.37. The fourth-order valence-corrected chi connectivity index (χ4v) is 1.52. The molecule has 0 bridgehead atoms. The van der Waals surface area contributed by atoms with E-state index in [1.54, 1.807) is 18.2 Å². The molecule has 2 aromatic rings. The molecule has 0 aliphatic heterocycles. The zero-order chi connectivity index (χ0) is 13.3. The van der Waals surface area contributed by atoms with Crippen molar-refractivity contribution in [2.45, 2.75) is 20.8 Å². The molecule has 1 heterocycles. The van der Waals surface area contributed by atoms with Gasteiger partial charge in [-0.25, -0.2) is 0 Å². The Labute approximate surface area is 105 Å². The Bertz CT molecular complexity index is 602. The van der Waals surface area contributed by atoms with Crippen molar-refractivity contribution < 1.29 is 9.32 Å². The minimum atomic E-state index is -0.239. The normalized spacial score (nSPS) is 10.4. The summed E-state index contributed by atoms with van der Waals surface area (Å²) in [6.07, 6.45) is 0. The number of nitrogens with zero attached hydrogens (tertiary/aromatic N) is 1. The van der Waals surface area contributed by atoms with Crippen molar-refractivity contribution in [1.29, 1.82) is 0 Å². The Morgan fingerprint density at radius 2 is 2.06 bits per heavy atom. The first-order chi connectivity index (χ1) is 8.49. The van der Waals surface area contributed by atoms with Gasteiger partial charge in [-0.15, -0.1) is 0 Å². The highest BCUT2D eigenvalue weighted by Gasteiger charge is 2.13. The molecule has 0 unspecified atom stereocenters. The average molecular weight is 245 g/mol. The van der Waals surface area contributed by atoms with Crippen molar-refractivity contribution in [3.8, 4) is 0 Å². The second-order valence-electron chi connectivity index (χ2n) is 4.25. The van der Waals surface area contributed by atoms with Gasteiger partial charge in [0.1, 0.15) is 0 Å². The summed E-state index contributed by atoms with van der Waals surface area (Å²) in [5, 5.41) is 6.47. The van der Waals surface area contributed by atoms with Crippen LogP contribution in [0.5, 0.6) is 0 Å². The lowest BCUT2D eigenvalue weighted by atomic mass is 10.1. The Kier molecular flexibility index (Phi) is 3.06. The van der Waals surface area contributed by atoms with E-state index in [1.165, 1.54) is 0 Å². The Morgan fingerprint density at radius 3 is 2.61 bits per heavy atom. The smallest absolute Gasteiger partial charge is 0.258 e. The summed E-state index contributed by atoms with van der Waals surface area (Å²) >= 11 is 0. The van der Waals surface area contributed by atoms with Crippen LogP contribution in [-0.4, -0.2) is 11.1 Å². The molecule has 94 valence electrons. The maximum atomic E-state index is 12.0. The van der Waals surface area contributed by atoms with E-state index < -0.39 is 0 Å². The maximum absolute atomic E-state index is 12.0. The number of nitrogens with two attached hydrogens (primary N) is 1. The lowest BCUT2D eigenvalue weighted by molar-refractivity contribution is 0.102. The van der Waals surface area contributed by atoms with Gasteiger partial charge in [0.2, 0.25) is 5.88 Å². The highest BCUT2D eigenvalue weighted by molar-refractivity contribution is 6.04. The first kappa shape index (κ1) is 12.2. The number of nitrogen functional groups attached to an aromatic ring is 1. The Morgan fingerprint density at radius 1 is 1.33 bits per heavy atom. The first-order valence-electron chi connectivity index (χ1n) is 5.59. The van der Waals surface area contributed by atoms with Crippen LogP contribution in [-0.2, 0) is 0 Å². The van der Waals surface area contributed by atoms with Crippen molar-refractivity contribution in [1.82, 2.24) is 5.16 Å². The number of carbonyl (C=O) groups is 1. The predicted octanol–water partition coefficient (Wildman–Crippen LogP) is 2.43. The first-order valence-corrected chi connectivity index (χ1v) is 5.59. The van der Waals surface area contributed by atoms with Crippen LogP contribution in [0.1, 0.15) is 27.2 Å². The average Bonchev–Trinajstić information content (AvgIpc) is 2.64. The fraction of sp³-hybridized carbons (Fsp3) is 0.231. The van der Waals surface area contributed by atoms with Crippen molar-refractivity contribution in [2.75, 3.05) is 11.1 Å². The van der Waals surface area contributed by atoms with Gasteiger partial charge in [0.25, 0.3) is 5.91 Å². The number of hydrogen-bond donors (Lipinski definition) is 2. The molecule has 0 saturated carbocycles. The second kappa shape index (κ2) is 4.52. The number of anilines is 2. The number of hydrogen-bond acceptors (Lipinski definition) is 4. The van der Waals surface area contributed by atoms with Gasteiger partial charge in [0.15, 0.2) is 0 Å². The molecular weight excluding hydrogens is 230 g/mol. The molecule has 0 aliphatic carbocycles. The summed E-state index contributed by atoms with van der Waals surface area (Å²) in [4.78, 5) is 12.0. The number of aromatic nitrogens is 1. The van der Waals surface area contributed by atoms with E-state index in [9.17, 15) is 4.79 Å². The molecule has 0 saturated heterocycles. The van der Waals surface area contributed by atoms with Crippen LogP contribution in [0.2, 0.25) is 0 Å². The van der Waals surface area contributed by atoms with Gasteiger partial charge in [-0.2, -0.15) is 0 Å². The van der Waals surface area contributed by atoms with Gasteiger partial charge >= 0.3 is 0 Å². The minimum absolute atomic E-state index is 0.239. The monoisotopic (exact) mass is 245 g/mol. The molecule has 18 heavy (non-hydrogen) atoms. The van der Waals surface area contributed by atoms with Crippen molar-refractivity contribution in [3.05, 3.63) is 40.6 Å². The van der Waals surface area contributed by atoms with E-state index in [1.807, 2.05) is 20.8 Å². The molecule has 0 atom stereocenters. The summed E-state index contributed by atoms with van der Waals surface area (Å²) in [7, 11) is 0. The Balaban J connectivity index is 2.22. The summed E-state index contributed by atoms with van der Waals surface area (Å²) in [6.45, 7) is 5.52. The molecule has 1 aromatic carbocycles. The maximum Gasteiger partial charge on any atom is 0.258 e.